The Bertz CT molecular complexity index is 1110. The van der Waals surface area contributed by atoms with Crippen LogP contribution in [0.4, 0.5) is 0 Å². The number of amides is 1. The van der Waals surface area contributed by atoms with E-state index in [1.807, 2.05) is 12.1 Å². The third kappa shape index (κ3) is 4.45. The summed E-state index contributed by atoms with van der Waals surface area (Å²) in [5, 5.41) is 8.81. The minimum Gasteiger partial charge on any atom is -0.383 e. The number of aryl methyl sites for hydroxylation is 1. The second kappa shape index (κ2) is 9.24. The van der Waals surface area contributed by atoms with Gasteiger partial charge in [0.15, 0.2) is 0 Å². The number of ether oxygens (including phenoxy) is 1. The molecule has 0 spiro atoms. The predicted octanol–water partition coefficient (Wildman–Crippen LogP) is 3.07. The molecule has 1 aliphatic carbocycles. The third-order valence-corrected chi connectivity index (χ3v) is 5.66. The number of hydrogen-bond acceptors (Lipinski definition) is 4. The molecule has 1 amide bonds. The Morgan fingerprint density at radius 3 is 2.83 bits per heavy atom. The highest BCUT2D eigenvalue weighted by atomic mass is 16.5. The van der Waals surface area contributed by atoms with E-state index in [-0.39, 0.29) is 23.1 Å². The van der Waals surface area contributed by atoms with Gasteiger partial charge in [-0.15, -0.1) is 0 Å². The molecule has 4 rings (SSSR count). The maximum Gasteiger partial charge on any atom is 0.261 e. The van der Waals surface area contributed by atoms with Crippen molar-refractivity contribution in [1.29, 1.82) is 0 Å². The Hall–Kier alpha value is -2.96. The lowest BCUT2D eigenvalue weighted by atomic mass is 9.90. The van der Waals surface area contributed by atoms with Crippen LogP contribution in [0.25, 0.3) is 10.8 Å². The monoisotopic (exact) mass is 405 g/mol. The quantitative estimate of drug-likeness (QED) is 0.528. The Kier molecular flexibility index (Phi) is 6.26. The third-order valence-electron chi connectivity index (χ3n) is 5.66. The number of pyridine rings is 1. The van der Waals surface area contributed by atoms with Crippen LogP contribution in [0, 0.1) is 0 Å². The lowest BCUT2D eigenvalue weighted by Gasteiger charge is -2.26. The molecule has 0 bridgehead atoms. The van der Waals surface area contributed by atoms with Gasteiger partial charge in [0.25, 0.3) is 11.5 Å². The number of rotatable bonds is 7. The van der Waals surface area contributed by atoms with Gasteiger partial charge in [-0.1, -0.05) is 36.4 Å². The minimum absolute atomic E-state index is 0.0996. The van der Waals surface area contributed by atoms with Crippen LogP contribution in [0.1, 0.15) is 46.1 Å². The molecule has 0 saturated heterocycles. The first-order valence-corrected chi connectivity index (χ1v) is 10.4. The number of aromatic amines is 1. The smallest absolute Gasteiger partial charge is 0.261 e. The van der Waals surface area contributed by atoms with Crippen LogP contribution in [-0.2, 0) is 17.7 Å². The molecular weight excluding hydrogens is 378 g/mol. The molecule has 0 fully saturated rings. The number of carbonyl (C=O) groups is 1. The van der Waals surface area contributed by atoms with E-state index in [0.29, 0.717) is 13.2 Å². The number of hydrogen-bond donors (Lipinski definition) is 3. The van der Waals surface area contributed by atoms with E-state index in [4.69, 9.17) is 4.74 Å². The molecule has 0 aliphatic heterocycles. The second-order valence-corrected chi connectivity index (χ2v) is 7.70. The number of H-pyrrole nitrogens is 1. The van der Waals surface area contributed by atoms with Crippen LogP contribution < -0.4 is 16.2 Å². The number of fused-ring (bicyclic) bond motifs is 2. The van der Waals surface area contributed by atoms with Gasteiger partial charge in [-0.3, -0.25) is 9.59 Å². The summed E-state index contributed by atoms with van der Waals surface area (Å²) in [4.78, 5) is 27.8. The van der Waals surface area contributed by atoms with Crippen molar-refractivity contribution in [1.82, 2.24) is 15.6 Å². The van der Waals surface area contributed by atoms with Gasteiger partial charge in [0, 0.05) is 31.9 Å². The van der Waals surface area contributed by atoms with Crippen LogP contribution in [0.2, 0.25) is 0 Å². The van der Waals surface area contributed by atoms with Gasteiger partial charge in [-0.25, -0.2) is 0 Å². The summed E-state index contributed by atoms with van der Waals surface area (Å²) >= 11 is 0. The maximum absolute atomic E-state index is 12.4. The summed E-state index contributed by atoms with van der Waals surface area (Å²) in [5.74, 6) is -0.366. The molecule has 1 atom stereocenters. The van der Waals surface area contributed by atoms with Gasteiger partial charge >= 0.3 is 0 Å². The summed E-state index contributed by atoms with van der Waals surface area (Å²) in [7, 11) is 1.57. The van der Waals surface area contributed by atoms with E-state index in [1.165, 1.54) is 16.3 Å². The average Bonchev–Trinajstić information content (AvgIpc) is 2.77. The largest absolute Gasteiger partial charge is 0.383 e. The van der Waals surface area contributed by atoms with Crippen LogP contribution in [0.3, 0.4) is 0 Å². The summed E-state index contributed by atoms with van der Waals surface area (Å²) in [5.41, 5.74) is 2.97. The number of nitrogens with one attached hydrogen (secondary N) is 3. The van der Waals surface area contributed by atoms with Crippen molar-refractivity contribution in [3.05, 3.63) is 81.3 Å². The van der Waals surface area contributed by atoms with E-state index < -0.39 is 0 Å². The molecule has 30 heavy (non-hydrogen) atoms. The molecule has 3 aromatic rings. The van der Waals surface area contributed by atoms with Gasteiger partial charge < -0.3 is 20.4 Å². The molecule has 6 nitrogen and oxygen atoms in total. The molecule has 2 aromatic carbocycles. The van der Waals surface area contributed by atoms with E-state index in [0.717, 1.165) is 37.1 Å². The van der Waals surface area contributed by atoms with Crippen LogP contribution in [-0.4, -0.2) is 31.2 Å². The van der Waals surface area contributed by atoms with Crippen molar-refractivity contribution in [2.24, 2.45) is 0 Å². The molecule has 0 saturated carbocycles. The Labute approximate surface area is 175 Å². The lowest BCUT2D eigenvalue weighted by Crippen LogP contribution is -2.34. The van der Waals surface area contributed by atoms with Crippen molar-refractivity contribution in [3.8, 4) is 0 Å². The van der Waals surface area contributed by atoms with Crippen LogP contribution in [0.5, 0.6) is 0 Å². The summed E-state index contributed by atoms with van der Waals surface area (Å²) in [6, 6.07) is 16.7. The van der Waals surface area contributed by atoms with Gasteiger partial charge in [0.2, 0.25) is 0 Å². The summed E-state index contributed by atoms with van der Waals surface area (Å²) in [6.07, 6.45) is 2.79. The zero-order chi connectivity index (χ0) is 20.9. The molecule has 0 radical (unpaired) electrons. The van der Waals surface area contributed by atoms with E-state index in [9.17, 15) is 9.59 Å². The SMILES string of the molecule is COCCNC(=O)c1cc2c([nH]c1=O)CCCC2NCc1ccc2ccccc2c1. The highest BCUT2D eigenvalue weighted by Gasteiger charge is 2.23. The standard InChI is InChI=1S/C24H27N3O3/c1-30-12-11-25-23(28)20-14-19-21(7-4-8-22(19)27-24(20)29)26-15-16-9-10-17-5-2-3-6-18(17)13-16/h2-3,5-6,9-10,13-14,21,26H,4,7-8,11-12,15H2,1H3,(H,25,28)(H,27,29). The molecule has 156 valence electrons. The minimum atomic E-state index is -0.366. The average molecular weight is 405 g/mol. The van der Waals surface area contributed by atoms with E-state index in [1.54, 1.807) is 13.2 Å². The van der Waals surface area contributed by atoms with Crippen molar-refractivity contribution >= 4 is 16.7 Å². The van der Waals surface area contributed by atoms with E-state index >= 15 is 0 Å². The summed E-state index contributed by atoms with van der Waals surface area (Å²) < 4.78 is 4.96. The number of carbonyl (C=O) groups excluding carboxylic acids is 1. The first-order chi connectivity index (χ1) is 14.7. The molecule has 1 heterocycles. The van der Waals surface area contributed by atoms with Gasteiger partial charge in [-0.05, 0) is 53.3 Å². The lowest BCUT2D eigenvalue weighted by molar-refractivity contribution is 0.0935. The molecule has 1 aliphatic rings. The number of benzene rings is 2. The van der Waals surface area contributed by atoms with Crippen molar-refractivity contribution in [3.63, 3.8) is 0 Å². The van der Waals surface area contributed by atoms with Gasteiger partial charge in [-0.2, -0.15) is 0 Å². The summed E-state index contributed by atoms with van der Waals surface area (Å²) in [6.45, 7) is 1.50. The normalized spacial score (nSPS) is 15.7. The van der Waals surface area contributed by atoms with Gasteiger partial charge in [0.1, 0.15) is 5.56 Å². The molecule has 6 heteroatoms. The fourth-order valence-electron chi connectivity index (χ4n) is 4.07. The van der Waals surface area contributed by atoms with Crippen molar-refractivity contribution in [2.75, 3.05) is 20.3 Å². The first-order valence-electron chi connectivity index (χ1n) is 10.4. The van der Waals surface area contributed by atoms with Crippen molar-refractivity contribution in [2.45, 2.75) is 31.8 Å². The van der Waals surface area contributed by atoms with Crippen LogP contribution in [0.15, 0.2) is 53.3 Å². The van der Waals surface area contributed by atoms with Gasteiger partial charge in [0.05, 0.1) is 6.61 Å². The Morgan fingerprint density at radius 1 is 1.17 bits per heavy atom. The van der Waals surface area contributed by atoms with Crippen molar-refractivity contribution < 1.29 is 9.53 Å². The topological polar surface area (TPSA) is 83.2 Å². The molecule has 1 unspecified atom stereocenters. The highest BCUT2D eigenvalue weighted by molar-refractivity contribution is 5.94. The number of aromatic nitrogens is 1. The zero-order valence-electron chi connectivity index (χ0n) is 17.2. The zero-order valence-corrected chi connectivity index (χ0v) is 17.2. The fraction of sp³-hybridized carbons (Fsp3) is 0.333. The second-order valence-electron chi connectivity index (χ2n) is 7.70. The predicted molar refractivity (Wildman–Crippen MR) is 118 cm³/mol. The fourth-order valence-corrected chi connectivity index (χ4v) is 4.07. The molecule has 1 aromatic heterocycles. The molecule has 3 N–H and O–H groups in total. The molecular formula is C24H27N3O3. The maximum atomic E-state index is 12.4. The van der Waals surface area contributed by atoms with E-state index in [2.05, 4.69) is 45.9 Å². The Morgan fingerprint density at radius 2 is 2.00 bits per heavy atom. The Balaban J connectivity index is 1.52. The number of methoxy groups -OCH3 is 1. The van der Waals surface area contributed by atoms with Crippen LogP contribution >= 0.6 is 0 Å². The first kappa shape index (κ1) is 20.3. The highest BCUT2D eigenvalue weighted by Crippen LogP contribution is 2.29.